The fraction of sp³-hybridized carbons (Fsp3) is 0.857. The van der Waals surface area contributed by atoms with E-state index in [2.05, 4.69) is 6.92 Å². The molecule has 0 amide bonds. The third kappa shape index (κ3) is 5.50. The smallest absolute Gasteiger partial charge is 0.119 e. The third-order valence-electron chi connectivity index (χ3n) is 1.42. The lowest BCUT2D eigenvalue weighted by Gasteiger charge is -2.04. The van der Waals surface area contributed by atoms with Crippen LogP contribution in [-0.4, -0.2) is 12.3 Å². The molecule has 0 aromatic carbocycles. The molecule has 0 aliphatic heterocycles. The van der Waals surface area contributed by atoms with Crippen molar-refractivity contribution < 1.29 is 4.79 Å². The van der Waals surface area contributed by atoms with Gasteiger partial charge in [-0.3, -0.25) is 0 Å². The van der Waals surface area contributed by atoms with Crippen LogP contribution in [0.5, 0.6) is 0 Å². The summed E-state index contributed by atoms with van der Waals surface area (Å²) in [6, 6.07) is 0.296. The lowest BCUT2D eigenvalue weighted by molar-refractivity contribution is -0.107. The summed E-state index contributed by atoms with van der Waals surface area (Å²) < 4.78 is 0. The zero-order chi connectivity index (χ0) is 7.11. The van der Waals surface area contributed by atoms with E-state index < -0.39 is 0 Å². The zero-order valence-corrected chi connectivity index (χ0v) is 5.97. The molecule has 9 heavy (non-hydrogen) atoms. The van der Waals surface area contributed by atoms with Gasteiger partial charge in [-0.25, -0.2) is 0 Å². The van der Waals surface area contributed by atoms with E-state index in [-0.39, 0.29) is 0 Å². The molecular weight excluding hydrogens is 114 g/mol. The Morgan fingerprint density at radius 3 is 2.78 bits per heavy atom. The highest BCUT2D eigenvalue weighted by Crippen LogP contribution is 1.99. The molecule has 0 aliphatic carbocycles. The van der Waals surface area contributed by atoms with Crippen molar-refractivity contribution in [3.05, 3.63) is 0 Å². The molecule has 1 unspecified atom stereocenters. The van der Waals surface area contributed by atoms with Gasteiger partial charge < -0.3 is 10.5 Å². The number of hydrogen-bond acceptors (Lipinski definition) is 2. The van der Waals surface area contributed by atoms with E-state index in [0.717, 1.165) is 25.5 Å². The van der Waals surface area contributed by atoms with E-state index >= 15 is 0 Å². The summed E-state index contributed by atoms with van der Waals surface area (Å²) in [4.78, 5) is 9.83. The maximum Gasteiger partial charge on any atom is 0.119 e. The Labute approximate surface area is 56.4 Å². The average Bonchev–Trinajstić information content (AvgIpc) is 1.89. The van der Waals surface area contributed by atoms with E-state index in [0.29, 0.717) is 12.5 Å². The molecule has 0 bridgehead atoms. The molecule has 0 radical (unpaired) electrons. The fourth-order valence-corrected chi connectivity index (χ4v) is 0.667. The molecule has 2 nitrogen and oxygen atoms in total. The van der Waals surface area contributed by atoms with Crippen LogP contribution < -0.4 is 5.73 Å². The van der Waals surface area contributed by atoms with Crippen LogP contribution in [0.15, 0.2) is 0 Å². The maximum atomic E-state index is 9.83. The van der Waals surface area contributed by atoms with Crippen molar-refractivity contribution in [3.63, 3.8) is 0 Å². The van der Waals surface area contributed by atoms with Crippen LogP contribution in [0, 0.1) is 0 Å². The zero-order valence-electron chi connectivity index (χ0n) is 5.97. The molecule has 0 spiro atoms. The third-order valence-corrected chi connectivity index (χ3v) is 1.42. The minimum atomic E-state index is 0.296. The number of unbranched alkanes of at least 4 members (excludes halogenated alkanes) is 1. The van der Waals surface area contributed by atoms with Crippen LogP contribution in [0.25, 0.3) is 0 Å². The Hall–Kier alpha value is -0.370. The predicted octanol–water partition coefficient (Wildman–Crippen LogP) is 1.09. The van der Waals surface area contributed by atoms with Gasteiger partial charge in [-0.05, 0) is 19.3 Å². The number of carbonyl (C=O) groups excluding carboxylic acids is 1. The highest BCUT2D eigenvalue weighted by Gasteiger charge is 1.96. The SMILES string of the molecule is CCC(N)CCCC=O. The molecule has 0 aliphatic rings. The normalized spacial score (nSPS) is 13.1. The minimum Gasteiger partial charge on any atom is -0.328 e. The summed E-state index contributed by atoms with van der Waals surface area (Å²) in [6.45, 7) is 2.06. The quantitative estimate of drug-likeness (QED) is 0.446. The Kier molecular flexibility index (Phi) is 5.52. The van der Waals surface area contributed by atoms with Crippen LogP contribution in [-0.2, 0) is 4.79 Å². The fourth-order valence-electron chi connectivity index (χ4n) is 0.667. The van der Waals surface area contributed by atoms with Gasteiger partial charge in [0.2, 0.25) is 0 Å². The Morgan fingerprint density at radius 1 is 1.67 bits per heavy atom. The van der Waals surface area contributed by atoms with Crippen LogP contribution in [0.2, 0.25) is 0 Å². The molecule has 0 aromatic rings. The summed E-state index contributed by atoms with van der Waals surface area (Å²) in [5.74, 6) is 0. The van der Waals surface area contributed by atoms with Crippen LogP contribution >= 0.6 is 0 Å². The van der Waals surface area contributed by atoms with Crippen molar-refractivity contribution in [1.82, 2.24) is 0 Å². The highest BCUT2D eigenvalue weighted by atomic mass is 16.1. The second-order valence-corrected chi connectivity index (χ2v) is 2.27. The van der Waals surface area contributed by atoms with E-state index in [1.54, 1.807) is 0 Å². The van der Waals surface area contributed by atoms with E-state index in [4.69, 9.17) is 5.73 Å². The first-order valence-electron chi connectivity index (χ1n) is 3.50. The molecule has 0 fully saturated rings. The Bertz CT molecular complexity index is 73.3. The topological polar surface area (TPSA) is 43.1 Å². The molecular formula is C7H15NO. The maximum absolute atomic E-state index is 9.83. The average molecular weight is 129 g/mol. The molecule has 2 heteroatoms. The second kappa shape index (κ2) is 5.76. The van der Waals surface area contributed by atoms with Gasteiger partial charge in [-0.2, -0.15) is 0 Å². The first-order chi connectivity index (χ1) is 4.31. The molecule has 0 heterocycles. The first-order valence-corrected chi connectivity index (χ1v) is 3.50. The van der Waals surface area contributed by atoms with E-state index in [9.17, 15) is 4.79 Å². The molecule has 2 N–H and O–H groups in total. The standard InChI is InChI=1S/C7H15NO/c1-2-7(8)5-3-4-6-9/h6-7H,2-5,8H2,1H3. The molecule has 54 valence electrons. The van der Waals surface area contributed by atoms with Gasteiger partial charge in [-0.15, -0.1) is 0 Å². The molecule has 0 rings (SSSR count). The number of carbonyl (C=O) groups is 1. The van der Waals surface area contributed by atoms with Gasteiger partial charge in [0.05, 0.1) is 0 Å². The number of nitrogens with two attached hydrogens (primary N) is 1. The summed E-state index contributed by atoms with van der Waals surface area (Å²) in [5.41, 5.74) is 5.60. The molecule has 0 saturated carbocycles. The summed E-state index contributed by atoms with van der Waals surface area (Å²) in [6.07, 6.45) is 4.54. The lowest BCUT2D eigenvalue weighted by atomic mass is 10.1. The Morgan fingerprint density at radius 2 is 2.33 bits per heavy atom. The molecule has 0 saturated heterocycles. The van der Waals surface area contributed by atoms with Crippen LogP contribution in [0.4, 0.5) is 0 Å². The van der Waals surface area contributed by atoms with Gasteiger partial charge in [0.25, 0.3) is 0 Å². The van der Waals surface area contributed by atoms with Gasteiger partial charge in [-0.1, -0.05) is 6.92 Å². The second-order valence-electron chi connectivity index (χ2n) is 2.27. The van der Waals surface area contributed by atoms with Crippen molar-refractivity contribution in [2.24, 2.45) is 5.73 Å². The summed E-state index contributed by atoms with van der Waals surface area (Å²) in [5, 5.41) is 0. The highest BCUT2D eigenvalue weighted by molar-refractivity contribution is 5.48. The summed E-state index contributed by atoms with van der Waals surface area (Å²) in [7, 11) is 0. The molecule has 1 atom stereocenters. The molecule has 0 aromatic heterocycles. The van der Waals surface area contributed by atoms with Gasteiger partial charge in [0.15, 0.2) is 0 Å². The Balaban J connectivity index is 2.96. The van der Waals surface area contributed by atoms with Crippen molar-refractivity contribution in [3.8, 4) is 0 Å². The number of aldehydes is 1. The van der Waals surface area contributed by atoms with Crippen molar-refractivity contribution in [2.75, 3.05) is 0 Å². The van der Waals surface area contributed by atoms with Crippen LogP contribution in [0.3, 0.4) is 0 Å². The van der Waals surface area contributed by atoms with E-state index in [1.807, 2.05) is 0 Å². The van der Waals surface area contributed by atoms with Gasteiger partial charge >= 0.3 is 0 Å². The first kappa shape index (κ1) is 8.63. The predicted molar refractivity (Wildman–Crippen MR) is 38.2 cm³/mol. The monoisotopic (exact) mass is 129 g/mol. The van der Waals surface area contributed by atoms with Crippen LogP contribution in [0.1, 0.15) is 32.6 Å². The van der Waals surface area contributed by atoms with Gasteiger partial charge in [0, 0.05) is 12.5 Å². The van der Waals surface area contributed by atoms with Crippen molar-refractivity contribution in [2.45, 2.75) is 38.6 Å². The number of rotatable bonds is 5. The minimum absolute atomic E-state index is 0.296. The summed E-state index contributed by atoms with van der Waals surface area (Å²) >= 11 is 0. The van der Waals surface area contributed by atoms with Crippen molar-refractivity contribution in [1.29, 1.82) is 0 Å². The van der Waals surface area contributed by atoms with E-state index in [1.165, 1.54) is 0 Å². The van der Waals surface area contributed by atoms with Gasteiger partial charge in [0.1, 0.15) is 6.29 Å². The largest absolute Gasteiger partial charge is 0.328 e. The number of hydrogen-bond donors (Lipinski definition) is 1. The van der Waals surface area contributed by atoms with Crippen molar-refractivity contribution >= 4 is 6.29 Å². The lowest BCUT2D eigenvalue weighted by Crippen LogP contribution is -2.17.